The van der Waals surface area contributed by atoms with E-state index in [9.17, 15) is 4.79 Å². The SMILES string of the molecule is CCC1C(C)C1C(C)=O. The molecule has 0 heterocycles. The van der Waals surface area contributed by atoms with Gasteiger partial charge in [-0.2, -0.15) is 0 Å². The highest BCUT2D eigenvalue weighted by Crippen LogP contribution is 2.48. The Hall–Kier alpha value is -0.330. The zero-order valence-corrected chi connectivity index (χ0v) is 6.35. The van der Waals surface area contributed by atoms with E-state index in [1.54, 1.807) is 6.92 Å². The first kappa shape index (κ1) is 6.79. The topological polar surface area (TPSA) is 17.1 Å². The number of hydrogen-bond acceptors (Lipinski definition) is 1. The first-order valence-corrected chi connectivity index (χ1v) is 3.69. The van der Waals surface area contributed by atoms with Gasteiger partial charge >= 0.3 is 0 Å². The lowest BCUT2D eigenvalue weighted by Gasteiger charge is -1.85. The fourth-order valence-electron chi connectivity index (χ4n) is 1.84. The van der Waals surface area contributed by atoms with Gasteiger partial charge in [-0.1, -0.05) is 20.3 Å². The monoisotopic (exact) mass is 126 g/mol. The van der Waals surface area contributed by atoms with Gasteiger partial charge < -0.3 is 0 Å². The Bertz CT molecular complexity index is 129. The van der Waals surface area contributed by atoms with Crippen molar-refractivity contribution in [3.05, 3.63) is 0 Å². The van der Waals surface area contributed by atoms with E-state index in [1.807, 2.05) is 0 Å². The van der Waals surface area contributed by atoms with E-state index in [2.05, 4.69) is 13.8 Å². The minimum atomic E-state index is 0.384. The Labute approximate surface area is 56.4 Å². The van der Waals surface area contributed by atoms with Gasteiger partial charge in [0.2, 0.25) is 0 Å². The fraction of sp³-hybridized carbons (Fsp3) is 0.875. The summed E-state index contributed by atoms with van der Waals surface area (Å²) in [5, 5.41) is 0. The van der Waals surface area contributed by atoms with E-state index in [0.29, 0.717) is 23.5 Å². The van der Waals surface area contributed by atoms with Gasteiger partial charge in [0.1, 0.15) is 5.78 Å². The summed E-state index contributed by atoms with van der Waals surface area (Å²) in [7, 11) is 0. The van der Waals surface area contributed by atoms with Gasteiger partial charge in [0, 0.05) is 5.92 Å². The minimum Gasteiger partial charge on any atom is -0.300 e. The van der Waals surface area contributed by atoms with Crippen LogP contribution in [0.15, 0.2) is 0 Å². The maximum atomic E-state index is 10.8. The van der Waals surface area contributed by atoms with Crippen molar-refractivity contribution in [3.8, 4) is 0 Å². The quantitative estimate of drug-likeness (QED) is 0.552. The number of rotatable bonds is 2. The maximum absolute atomic E-state index is 10.8. The van der Waals surface area contributed by atoms with Crippen LogP contribution in [0, 0.1) is 17.8 Å². The molecule has 0 aromatic carbocycles. The Morgan fingerprint density at radius 1 is 1.56 bits per heavy atom. The van der Waals surface area contributed by atoms with Crippen molar-refractivity contribution >= 4 is 5.78 Å². The van der Waals surface area contributed by atoms with Gasteiger partial charge in [-0.05, 0) is 18.8 Å². The summed E-state index contributed by atoms with van der Waals surface area (Å²) in [5.41, 5.74) is 0. The van der Waals surface area contributed by atoms with Crippen molar-refractivity contribution in [1.29, 1.82) is 0 Å². The molecule has 1 aliphatic rings. The largest absolute Gasteiger partial charge is 0.300 e. The van der Waals surface area contributed by atoms with Crippen LogP contribution in [0.5, 0.6) is 0 Å². The normalized spacial score (nSPS) is 40.6. The molecular formula is C8H14O. The predicted octanol–water partition coefficient (Wildman–Crippen LogP) is 1.87. The molecule has 0 amide bonds. The molecule has 0 aromatic heterocycles. The minimum absolute atomic E-state index is 0.384. The molecule has 0 N–H and O–H groups in total. The number of ketones is 1. The first-order valence-electron chi connectivity index (χ1n) is 3.69. The molecule has 0 aliphatic heterocycles. The second-order valence-electron chi connectivity index (χ2n) is 3.07. The van der Waals surface area contributed by atoms with Crippen LogP contribution in [0.1, 0.15) is 27.2 Å². The Kier molecular flexibility index (Phi) is 1.60. The van der Waals surface area contributed by atoms with Crippen molar-refractivity contribution in [3.63, 3.8) is 0 Å². The third kappa shape index (κ3) is 1.00. The van der Waals surface area contributed by atoms with E-state index in [4.69, 9.17) is 0 Å². The molecule has 0 bridgehead atoms. The smallest absolute Gasteiger partial charge is 0.133 e. The van der Waals surface area contributed by atoms with Crippen LogP contribution in [-0.2, 0) is 4.79 Å². The lowest BCUT2D eigenvalue weighted by atomic mass is 10.2. The van der Waals surface area contributed by atoms with Gasteiger partial charge in [-0.25, -0.2) is 0 Å². The third-order valence-corrected chi connectivity index (χ3v) is 2.50. The zero-order valence-electron chi connectivity index (χ0n) is 6.35. The maximum Gasteiger partial charge on any atom is 0.133 e. The summed E-state index contributed by atoms with van der Waals surface area (Å²) in [6.45, 7) is 6.03. The number of carbonyl (C=O) groups excluding carboxylic acids is 1. The Balaban J connectivity index is 2.42. The van der Waals surface area contributed by atoms with Gasteiger partial charge in [-0.15, -0.1) is 0 Å². The van der Waals surface area contributed by atoms with E-state index >= 15 is 0 Å². The van der Waals surface area contributed by atoms with Gasteiger partial charge in [0.05, 0.1) is 0 Å². The number of carbonyl (C=O) groups is 1. The van der Waals surface area contributed by atoms with Crippen molar-refractivity contribution in [2.45, 2.75) is 27.2 Å². The Morgan fingerprint density at radius 3 is 2.22 bits per heavy atom. The van der Waals surface area contributed by atoms with Gasteiger partial charge in [0.25, 0.3) is 0 Å². The summed E-state index contributed by atoms with van der Waals surface area (Å²) in [6, 6.07) is 0. The average Bonchev–Trinajstić information content (AvgIpc) is 2.40. The molecule has 0 spiro atoms. The number of Topliss-reactive ketones (excluding diaryl/α,β-unsaturated/α-hetero) is 1. The first-order chi connectivity index (χ1) is 4.18. The van der Waals surface area contributed by atoms with E-state index < -0.39 is 0 Å². The van der Waals surface area contributed by atoms with E-state index in [1.165, 1.54) is 6.42 Å². The third-order valence-electron chi connectivity index (χ3n) is 2.50. The molecule has 9 heavy (non-hydrogen) atoms. The number of hydrogen-bond donors (Lipinski definition) is 0. The summed E-state index contributed by atoms with van der Waals surface area (Å²) in [4.78, 5) is 10.8. The predicted molar refractivity (Wildman–Crippen MR) is 37.1 cm³/mol. The van der Waals surface area contributed by atoms with Gasteiger partial charge in [-0.3, -0.25) is 4.79 Å². The van der Waals surface area contributed by atoms with Crippen LogP contribution in [0.3, 0.4) is 0 Å². The second-order valence-corrected chi connectivity index (χ2v) is 3.07. The molecule has 1 fully saturated rings. The van der Waals surface area contributed by atoms with Crippen LogP contribution in [0.4, 0.5) is 0 Å². The van der Waals surface area contributed by atoms with Crippen LogP contribution in [0.25, 0.3) is 0 Å². The molecule has 1 nitrogen and oxygen atoms in total. The molecule has 52 valence electrons. The zero-order chi connectivity index (χ0) is 7.02. The Morgan fingerprint density at radius 2 is 2.11 bits per heavy atom. The molecule has 0 radical (unpaired) electrons. The van der Waals surface area contributed by atoms with Crippen LogP contribution in [-0.4, -0.2) is 5.78 Å². The van der Waals surface area contributed by atoms with Crippen molar-refractivity contribution in [2.24, 2.45) is 17.8 Å². The molecule has 0 aromatic rings. The molecular weight excluding hydrogens is 112 g/mol. The summed E-state index contributed by atoms with van der Waals surface area (Å²) in [5.74, 6) is 2.18. The van der Waals surface area contributed by atoms with Crippen LogP contribution < -0.4 is 0 Å². The molecule has 0 saturated heterocycles. The summed E-state index contributed by atoms with van der Waals surface area (Å²) < 4.78 is 0. The van der Waals surface area contributed by atoms with E-state index in [0.717, 1.165) is 0 Å². The molecule has 3 unspecified atom stereocenters. The lowest BCUT2D eigenvalue weighted by Crippen LogP contribution is -1.94. The van der Waals surface area contributed by atoms with Crippen molar-refractivity contribution in [2.75, 3.05) is 0 Å². The molecule has 1 saturated carbocycles. The second kappa shape index (κ2) is 2.13. The molecule has 1 rings (SSSR count). The van der Waals surface area contributed by atoms with Crippen molar-refractivity contribution < 1.29 is 4.79 Å². The molecule has 3 atom stereocenters. The molecule has 1 aliphatic carbocycles. The van der Waals surface area contributed by atoms with Gasteiger partial charge in [0.15, 0.2) is 0 Å². The van der Waals surface area contributed by atoms with Crippen LogP contribution >= 0.6 is 0 Å². The highest BCUT2D eigenvalue weighted by atomic mass is 16.1. The lowest BCUT2D eigenvalue weighted by molar-refractivity contribution is -0.118. The highest BCUT2D eigenvalue weighted by molar-refractivity contribution is 5.81. The van der Waals surface area contributed by atoms with Crippen LogP contribution in [0.2, 0.25) is 0 Å². The fourth-order valence-corrected chi connectivity index (χ4v) is 1.84. The average molecular weight is 126 g/mol. The standard InChI is InChI=1S/C8H14O/c1-4-7-5(2)8(7)6(3)9/h5,7-8H,4H2,1-3H3. The molecule has 1 heteroatoms. The van der Waals surface area contributed by atoms with Crippen molar-refractivity contribution in [1.82, 2.24) is 0 Å². The van der Waals surface area contributed by atoms with E-state index in [-0.39, 0.29) is 0 Å². The highest BCUT2D eigenvalue weighted by Gasteiger charge is 2.47. The summed E-state index contributed by atoms with van der Waals surface area (Å²) in [6.07, 6.45) is 1.17. The summed E-state index contributed by atoms with van der Waals surface area (Å²) >= 11 is 0.